The average molecular weight is 300 g/mol. The van der Waals surface area contributed by atoms with Crippen LogP contribution in [0.4, 0.5) is 0 Å². The fourth-order valence-electron chi connectivity index (χ4n) is 3.70. The summed E-state index contributed by atoms with van der Waals surface area (Å²) in [5.41, 5.74) is 0.271. The van der Waals surface area contributed by atoms with Gasteiger partial charge in [-0.15, -0.1) is 0 Å². The van der Waals surface area contributed by atoms with Gasteiger partial charge < -0.3 is 10.1 Å². The van der Waals surface area contributed by atoms with E-state index in [1.165, 1.54) is 69.4 Å². The first-order chi connectivity index (χ1) is 9.78. The lowest BCUT2D eigenvalue weighted by atomic mass is 9.79. The minimum Gasteiger partial charge on any atom is -0.375 e. The van der Waals surface area contributed by atoms with E-state index in [1.54, 1.807) is 0 Å². The summed E-state index contributed by atoms with van der Waals surface area (Å²) in [6, 6.07) is 0.732. The third kappa shape index (κ3) is 4.92. The van der Waals surface area contributed by atoms with Gasteiger partial charge in [-0.25, -0.2) is 0 Å². The van der Waals surface area contributed by atoms with Crippen LogP contribution < -0.4 is 5.32 Å². The van der Waals surface area contributed by atoms with Crippen molar-refractivity contribution in [3.05, 3.63) is 0 Å². The standard InChI is InChI=1S/C17H33NOS/c1-3-10-18-16(4-2)6-5-15-7-11-19-17(14-15)8-12-20-13-9-17/h15-16,18H,3-14H2,1-2H3. The van der Waals surface area contributed by atoms with Gasteiger partial charge in [-0.05, 0) is 75.3 Å². The highest BCUT2D eigenvalue weighted by Gasteiger charge is 2.38. The van der Waals surface area contributed by atoms with Crippen LogP contribution in [0.3, 0.4) is 0 Å². The Bertz CT molecular complexity index is 260. The zero-order valence-electron chi connectivity index (χ0n) is 13.5. The molecule has 2 atom stereocenters. The van der Waals surface area contributed by atoms with Crippen molar-refractivity contribution >= 4 is 11.8 Å². The monoisotopic (exact) mass is 299 g/mol. The van der Waals surface area contributed by atoms with Crippen LogP contribution in [-0.4, -0.2) is 36.3 Å². The maximum atomic E-state index is 6.21. The highest BCUT2D eigenvalue weighted by molar-refractivity contribution is 7.99. The molecule has 0 amide bonds. The molecule has 20 heavy (non-hydrogen) atoms. The lowest BCUT2D eigenvalue weighted by Gasteiger charge is -2.43. The fraction of sp³-hybridized carbons (Fsp3) is 1.00. The molecule has 0 saturated carbocycles. The molecule has 2 rings (SSSR count). The molecule has 0 aromatic heterocycles. The van der Waals surface area contributed by atoms with Gasteiger partial charge in [-0.1, -0.05) is 13.8 Å². The van der Waals surface area contributed by atoms with Gasteiger partial charge in [0.2, 0.25) is 0 Å². The third-order valence-electron chi connectivity index (χ3n) is 5.10. The van der Waals surface area contributed by atoms with E-state index in [4.69, 9.17) is 4.74 Å². The highest BCUT2D eigenvalue weighted by atomic mass is 32.2. The smallest absolute Gasteiger partial charge is 0.0700 e. The largest absolute Gasteiger partial charge is 0.375 e. The normalized spacial score (nSPS) is 27.6. The second-order valence-electron chi connectivity index (χ2n) is 6.64. The Morgan fingerprint density at radius 3 is 2.80 bits per heavy atom. The third-order valence-corrected chi connectivity index (χ3v) is 6.08. The van der Waals surface area contributed by atoms with Crippen LogP contribution in [0.15, 0.2) is 0 Å². The maximum absolute atomic E-state index is 6.21. The molecule has 1 spiro atoms. The molecule has 3 heteroatoms. The van der Waals surface area contributed by atoms with E-state index < -0.39 is 0 Å². The van der Waals surface area contributed by atoms with Gasteiger partial charge in [0, 0.05) is 12.6 Å². The highest BCUT2D eigenvalue weighted by Crippen LogP contribution is 2.41. The molecule has 2 saturated heterocycles. The van der Waals surface area contributed by atoms with Crippen LogP contribution in [0.5, 0.6) is 0 Å². The van der Waals surface area contributed by atoms with Crippen molar-refractivity contribution in [2.45, 2.75) is 76.9 Å². The number of thioether (sulfide) groups is 1. The van der Waals surface area contributed by atoms with Gasteiger partial charge in [-0.3, -0.25) is 0 Å². The van der Waals surface area contributed by atoms with Crippen molar-refractivity contribution < 1.29 is 4.74 Å². The van der Waals surface area contributed by atoms with E-state index in [0.717, 1.165) is 18.6 Å². The van der Waals surface area contributed by atoms with Crippen molar-refractivity contribution in [2.24, 2.45) is 5.92 Å². The number of nitrogens with one attached hydrogen (secondary N) is 1. The molecule has 2 fully saturated rings. The first-order valence-corrected chi connectivity index (χ1v) is 9.88. The molecule has 2 heterocycles. The van der Waals surface area contributed by atoms with Gasteiger partial charge in [0.15, 0.2) is 0 Å². The molecule has 2 nitrogen and oxygen atoms in total. The number of hydrogen-bond acceptors (Lipinski definition) is 3. The van der Waals surface area contributed by atoms with Crippen molar-refractivity contribution in [1.82, 2.24) is 5.32 Å². The van der Waals surface area contributed by atoms with Crippen molar-refractivity contribution in [3.63, 3.8) is 0 Å². The first-order valence-electron chi connectivity index (χ1n) is 8.73. The Hall–Kier alpha value is 0.270. The van der Waals surface area contributed by atoms with E-state index in [-0.39, 0.29) is 5.60 Å². The van der Waals surface area contributed by atoms with E-state index >= 15 is 0 Å². The van der Waals surface area contributed by atoms with E-state index in [1.807, 2.05) is 0 Å². The quantitative estimate of drug-likeness (QED) is 0.760. The van der Waals surface area contributed by atoms with E-state index in [2.05, 4.69) is 30.9 Å². The van der Waals surface area contributed by atoms with Crippen LogP contribution in [0.25, 0.3) is 0 Å². The molecule has 0 bridgehead atoms. The summed E-state index contributed by atoms with van der Waals surface area (Å²) in [5.74, 6) is 3.52. The molecule has 0 aromatic carbocycles. The second-order valence-corrected chi connectivity index (χ2v) is 7.86. The summed E-state index contributed by atoms with van der Waals surface area (Å²) in [6.07, 6.45) is 10.5. The number of hydrogen-bond donors (Lipinski definition) is 1. The Labute approximate surface area is 129 Å². The summed E-state index contributed by atoms with van der Waals surface area (Å²) < 4.78 is 6.21. The molecule has 0 aromatic rings. The summed E-state index contributed by atoms with van der Waals surface area (Å²) in [7, 11) is 0. The van der Waals surface area contributed by atoms with E-state index in [0.29, 0.717) is 0 Å². The van der Waals surface area contributed by atoms with E-state index in [9.17, 15) is 0 Å². The topological polar surface area (TPSA) is 21.3 Å². The van der Waals surface area contributed by atoms with Gasteiger partial charge in [-0.2, -0.15) is 11.8 Å². The molecule has 2 aliphatic rings. The van der Waals surface area contributed by atoms with Crippen LogP contribution in [-0.2, 0) is 4.74 Å². The summed E-state index contributed by atoms with van der Waals surface area (Å²) in [5, 5.41) is 3.70. The molecule has 0 aliphatic carbocycles. The van der Waals surface area contributed by atoms with Crippen molar-refractivity contribution in [1.29, 1.82) is 0 Å². The van der Waals surface area contributed by atoms with Crippen molar-refractivity contribution in [2.75, 3.05) is 24.7 Å². The molecular weight excluding hydrogens is 266 g/mol. The van der Waals surface area contributed by atoms with Crippen LogP contribution in [0.2, 0.25) is 0 Å². The maximum Gasteiger partial charge on any atom is 0.0700 e. The van der Waals surface area contributed by atoms with Gasteiger partial charge in [0.25, 0.3) is 0 Å². The summed E-state index contributed by atoms with van der Waals surface area (Å²) in [6.45, 7) is 6.75. The zero-order valence-corrected chi connectivity index (χ0v) is 14.3. The van der Waals surface area contributed by atoms with Crippen molar-refractivity contribution in [3.8, 4) is 0 Å². The molecule has 1 N–H and O–H groups in total. The van der Waals surface area contributed by atoms with Crippen LogP contribution in [0.1, 0.15) is 65.2 Å². The Balaban J connectivity index is 1.74. The fourth-order valence-corrected chi connectivity index (χ4v) is 4.94. The summed E-state index contributed by atoms with van der Waals surface area (Å²) in [4.78, 5) is 0. The van der Waals surface area contributed by atoms with Gasteiger partial charge >= 0.3 is 0 Å². The second kappa shape index (κ2) is 8.65. The molecule has 2 aliphatic heterocycles. The average Bonchev–Trinajstić information content (AvgIpc) is 2.48. The number of rotatable bonds is 7. The Morgan fingerprint density at radius 2 is 2.10 bits per heavy atom. The minimum absolute atomic E-state index is 0.271. The zero-order chi connectivity index (χ0) is 14.3. The number of ether oxygens (including phenoxy) is 1. The SMILES string of the molecule is CCCNC(CC)CCC1CCOC2(CCSCC2)C1. The summed E-state index contributed by atoms with van der Waals surface area (Å²) >= 11 is 2.10. The predicted octanol–water partition coefficient (Wildman–Crippen LogP) is 4.24. The minimum atomic E-state index is 0.271. The molecule has 118 valence electrons. The molecule has 2 unspecified atom stereocenters. The first kappa shape index (κ1) is 16.6. The lowest BCUT2D eigenvalue weighted by molar-refractivity contribution is -0.103. The predicted molar refractivity (Wildman–Crippen MR) is 89.6 cm³/mol. The van der Waals surface area contributed by atoms with Gasteiger partial charge in [0.1, 0.15) is 0 Å². The Kier molecular flexibility index (Phi) is 7.20. The molecule has 0 radical (unpaired) electrons. The Morgan fingerprint density at radius 1 is 1.30 bits per heavy atom. The molecular formula is C17H33NOS. The van der Waals surface area contributed by atoms with Crippen LogP contribution >= 0.6 is 11.8 Å². The van der Waals surface area contributed by atoms with Crippen LogP contribution in [0, 0.1) is 5.92 Å². The lowest BCUT2D eigenvalue weighted by Crippen LogP contribution is -2.43. The van der Waals surface area contributed by atoms with Gasteiger partial charge in [0.05, 0.1) is 5.60 Å².